The van der Waals surface area contributed by atoms with Crippen molar-refractivity contribution in [3.05, 3.63) is 65.7 Å². The van der Waals surface area contributed by atoms with Gasteiger partial charge in [0, 0.05) is 43.7 Å². The second kappa shape index (κ2) is 8.82. The van der Waals surface area contributed by atoms with Gasteiger partial charge in [-0.15, -0.1) is 0 Å². The lowest BCUT2D eigenvalue weighted by Gasteiger charge is -2.59. The summed E-state index contributed by atoms with van der Waals surface area (Å²) in [7, 11) is -3.18. The van der Waals surface area contributed by atoms with Crippen molar-refractivity contribution in [3.63, 3.8) is 0 Å². The fourth-order valence-corrected chi connectivity index (χ4v) is 6.10. The summed E-state index contributed by atoms with van der Waals surface area (Å²) in [6, 6.07) is 8.92. The van der Waals surface area contributed by atoms with Gasteiger partial charge in [-0.1, -0.05) is 48.6 Å². The summed E-state index contributed by atoms with van der Waals surface area (Å²) < 4.78 is 104. The van der Waals surface area contributed by atoms with Gasteiger partial charge in [0.05, 0.1) is 6.26 Å². The van der Waals surface area contributed by atoms with E-state index in [1.807, 2.05) is 12.1 Å². The van der Waals surface area contributed by atoms with Crippen LogP contribution < -0.4 is 0 Å². The number of benzene rings is 2. The number of sulfonamides is 1. The molecular weight excluding hydrogens is 522 g/mol. The van der Waals surface area contributed by atoms with Crippen molar-refractivity contribution in [1.82, 2.24) is 9.21 Å². The smallest absolute Gasteiger partial charge is 0.369 e. The normalized spacial score (nSPS) is 18.9. The van der Waals surface area contributed by atoms with E-state index in [0.717, 1.165) is 30.8 Å². The molecule has 5 nitrogen and oxygen atoms in total. The summed E-state index contributed by atoms with van der Waals surface area (Å²) in [6.45, 7) is 8.82. The molecule has 1 N–H and O–H groups in total. The molecule has 2 aromatic rings. The molecular formula is C25H26F6N2O3S. The maximum absolute atomic E-state index is 13.2. The minimum Gasteiger partial charge on any atom is -0.369 e. The summed E-state index contributed by atoms with van der Waals surface area (Å²) in [5.41, 5.74) is -3.08. The van der Waals surface area contributed by atoms with E-state index in [1.54, 1.807) is 13.0 Å². The van der Waals surface area contributed by atoms with Crippen molar-refractivity contribution in [2.75, 3.05) is 32.4 Å². The summed E-state index contributed by atoms with van der Waals surface area (Å²) in [5, 5.41) is 9.62. The molecule has 37 heavy (non-hydrogen) atoms. The molecule has 0 aromatic heterocycles. The molecule has 12 heteroatoms. The van der Waals surface area contributed by atoms with Crippen molar-refractivity contribution in [2.45, 2.75) is 31.4 Å². The molecule has 0 radical (unpaired) electrons. The zero-order valence-electron chi connectivity index (χ0n) is 20.1. The largest absolute Gasteiger partial charge is 0.430 e. The zero-order valence-corrected chi connectivity index (χ0v) is 20.9. The van der Waals surface area contributed by atoms with Crippen LogP contribution in [0.15, 0.2) is 49.0 Å². The Hall–Kier alpha value is -2.41. The molecule has 0 unspecified atom stereocenters. The van der Waals surface area contributed by atoms with E-state index < -0.39 is 33.5 Å². The highest BCUT2D eigenvalue weighted by molar-refractivity contribution is 7.88. The van der Waals surface area contributed by atoms with Crippen molar-refractivity contribution in [2.24, 2.45) is 5.41 Å². The van der Waals surface area contributed by atoms with Gasteiger partial charge in [-0.2, -0.15) is 26.3 Å². The molecule has 1 spiro atoms. The van der Waals surface area contributed by atoms with E-state index >= 15 is 0 Å². The average Bonchev–Trinajstić information content (AvgIpc) is 2.71. The second-order valence-electron chi connectivity index (χ2n) is 10.1. The monoisotopic (exact) mass is 548 g/mol. The number of alkyl halides is 6. The first kappa shape index (κ1) is 27.6. The summed E-state index contributed by atoms with van der Waals surface area (Å²) in [6.07, 6.45) is -10.7. The topological polar surface area (TPSA) is 60.9 Å². The maximum Gasteiger partial charge on any atom is 0.430 e. The average molecular weight is 549 g/mol. The number of rotatable bonds is 6. The van der Waals surface area contributed by atoms with Crippen LogP contribution in [-0.2, 0) is 22.2 Å². The van der Waals surface area contributed by atoms with Crippen LogP contribution >= 0.6 is 0 Å². The Balaban J connectivity index is 1.52. The van der Waals surface area contributed by atoms with Crippen molar-refractivity contribution in [3.8, 4) is 11.1 Å². The molecule has 0 aliphatic carbocycles. The van der Waals surface area contributed by atoms with Gasteiger partial charge in [-0.3, -0.25) is 4.90 Å². The lowest BCUT2D eigenvalue weighted by atomic mass is 9.74. The van der Waals surface area contributed by atoms with Gasteiger partial charge in [-0.05, 0) is 35.2 Å². The van der Waals surface area contributed by atoms with Crippen LogP contribution in [0.25, 0.3) is 16.7 Å². The van der Waals surface area contributed by atoms with Crippen LogP contribution in [0.2, 0.25) is 0 Å². The molecule has 2 aliphatic heterocycles. The van der Waals surface area contributed by atoms with E-state index in [9.17, 15) is 39.9 Å². The van der Waals surface area contributed by atoms with E-state index in [2.05, 4.69) is 11.5 Å². The number of likely N-dealkylation sites (tertiary alicyclic amines) is 1. The number of allylic oxidation sites excluding steroid dienone is 1. The maximum atomic E-state index is 13.2. The molecule has 2 heterocycles. The molecule has 2 saturated heterocycles. The molecule has 2 fully saturated rings. The second-order valence-corrected chi connectivity index (χ2v) is 12.1. The first-order valence-electron chi connectivity index (χ1n) is 11.3. The van der Waals surface area contributed by atoms with Gasteiger partial charge in [-0.25, -0.2) is 12.7 Å². The number of hydrogen-bond acceptors (Lipinski definition) is 4. The fraction of sp³-hybridized carbons (Fsp3) is 0.440. The van der Waals surface area contributed by atoms with E-state index in [0.29, 0.717) is 54.0 Å². The molecule has 202 valence electrons. The molecule has 0 amide bonds. The number of halogens is 6. The first-order chi connectivity index (χ1) is 16.9. The van der Waals surface area contributed by atoms with Gasteiger partial charge in [0.25, 0.3) is 5.60 Å². The van der Waals surface area contributed by atoms with Crippen molar-refractivity contribution < 1.29 is 39.9 Å². The highest BCUT2D eigenvalue weighted by Crippen LogP contribution is 2.50. The summed E-state index contributed by atoms with van der Waals surface area (Å²) >= 11 is 0. The van der Waals surface area contributed by atoms with Gasteiger partial charge < -0.3 is 5.11 Å². The first-order valence-corrected chi connectivity index (χ1v) is 13.1. The Morgan fingerprint density at radius 3 is 1.97 bits per heavy atom. The summed E-state index contributed by atoms with van der Waals surface area (Å²) in [5.74, 6) is 0. The van der Waals surface area contributed by atoms with Gasteiger partial charge in [0.1, 0.15) is 0 Å². The lowest BCUT2D eigenvalue weighted by Crippen LogP contribution is -2.72. The number of aliphatic hydroxyl groups is 1. The van der Waals surface area contributed by atoms with Crippen LogP contribution in [-0.4, -0.2) is 67.5 Å². The lowest BCUT2D eigenvalue weighted by molar-refractivity contribution is -0.376. The third-order valence-electron chi connectivity index (χ3n) is 6.99. The molecule has 4 rings (SSSR count). The standard InChI is InChI=1S/C25H26F6N2O3S/c1-16(2)21-10-17(11-32-12-22(13-32)14-33(15-22)37(3,35)36)4-9-20(21)18-5-7-19(8-6-18)23(34,24(26,27)28)25(29,30)31/h4-10,34H,1,11-15H2,2-3H3. The third kappa shape index (κ3) is 4.91. The van der Waals surface area contributed by atoms with E-state index in [1.165, 1.54) is 10.6 Å². The van der Waals surface area contributed by atoms with Gasteiger partial charge >= 0.3 is 12.4 Å². The highest BCUT2D eigenvalue weighted by atomic mass is 32.2. The van der Waals surface area contributed by atoms with Crippen LogP contribution in [0, 0.1) is 5.41 Å². The Morgan fingerprint density at radius 1 is 0.973 bits per heavy atom. The quantitative estimate of drug-likeness (QED) is 0.529. The summed E-state index contributed by atoms with van der Waals surface area (Å²) in [4.78, 5) is 2.18. The van der Waals surface area contributed by atoms with Crippen LogP contribution in [0.5, 0.6) is 0 Å². The Morgan fingerprint density at radius 2 is 1.51 bits per heavy atom. The van der Waals surface area contributed by atoms with Crippen LogP contribution in [0.1, 0.15) is 23.6 Å². The third-order valence-corrected chi connectivity index (χ3v) is 8.19. The van der Waals surface area contributed by atoms with Gasteiger partial charge in [0.15, 0.2) is 0 Å². The predicted molar refractivity (Wildman–Crippen MR) is 127 cm³/mol. The SMILES string of the molecule is C=C(C)c1cc(CN2CC3(C2)CN(S(C)(=O)=O)C3)ccc1-c1ccc(C(O)(C(F)(F)F)C(F)(F)F)cc1. The van der Waals surface area contributed by atoms with Crippen LogP contribution in [0.3, 0.4) is 0 Å². The van der Waals surface area contributed by atoms with Crippen molar-refractivity contribution >= 4 is 15.6 Å². The molecule has 0 saturated carbocycles. The number of nitrogens with zero attached hydrogens (tertiary/aromatic N) is 2. The Kier molecular flexibility index (Phi) is 6.59. The van der Waals surface area contributed by atoms with E-state index in [4.69, 9.17) is 0 Å². The van der Waals surface area contributed by atoms with E-state index in [-0.39, 0.29) is 5.41 Å². The molecule has 0 bridgehead atoms. The Labute approximate surface area is 211 Å². The molecule has 0 atom stereocenters. The van der Waals surface area contributed by atoms with Gasteiger partial charge in [0.2, 0.25) is 10.0 Å². The Bertz CT molecular complexity index is 1290. The molecule has 2 aromatic carbocycles. The zero-order chi connectivity index (χ0) is 27.6. The fourth-order valence-electron chi connectivity index (χ4n) is 5.08. The predicted octanol–water partition coefficient (Wildman–Crippen LogP) is 4.78. The minimum atomic E-state index is -5.95. The van der Waals surface area contributed by atoms with Crippen molar-refractivity contribution in [1.29, 1.82) is 0 Å². The molecule has 2 aliphatic rings. The highest BCUT2D eigenvalue weighted by Gasteiger charge is 2.71. The number of hydrogen-bond donors (Lipinski definition) is 1. The minimum absolute atomic E-state index is 0.0172. The van der Waals surface area contributed by atoms with Crippen LogP contribution in [0.4, 0.5) is 26.3 Å².